The van der Waals surface area contributed by atoms with Crippen molar-refractivity contribution in [2.75, 3.05) is 7.11 Å². The van der Waals surface area contributed by atoms with Gasteiger partial charge in [-0.25, -0.2) is 0 Å². The molecule has 3 rings (SSSR count). The van der Waals surface area contributed by atoms with Gasteiger partial charge in [0.1, 0.15) is 5.75 Å². The zero-order valence-electron chi connectivity index (χ0n) is 12.8. The summed E-state index contributed by atoms with van der Waals surface area (Å²) in [6.07, 6.45) is 1.27. The number of methoxy groups -OCH3 is 1. The van der Waals surface area contributed by atoms with Crippen LogP contribution in [0.25, 0.3) is 0 Å². The number of halogens is 1. The van der Waals surface area contributed by atoms with E-state index in [1.165, 1.54) is 28.7 Å². The zero-order chi connectivity index (χ0) is 15.0. The van der Waals surface area contributed by atoms with Gasteiger partial charge in [0.25, 0.3) is 0 Å². The van der Waals surface area contributed by atoms with E-state index < -0.39 is 0 Å². The van der Waals surface area contributed by atoms with Crippen LogP contribution in [0.15, 0.2) is 42.5 Å². The van der Waals surface area contributed by atoms with E-state index in [2.05, 4.69) is 72.2 Å². The average molecular weight is 345 g/mol. The molecule has 110 valence electrons. The van der Waals surface area contributed by atoms with Gasteiger partial charge in [0.05, 0.1) is 7.11 Å². The Balaban J connectivity index is 1.80. The van der Waals surface area contributed by atoms with Crippen molar-refractivity contribution < 1.29 is 4.74 Å². The highest BCUT2D eigenvalue weighted by molar-refractivity contribution is 9.09. The van der Waals surface area contributed by atoms with Gasteiger partial charge in [-0.15, -0.1) is 0 Å². The maximum Gasteiger partial charge on any atom is 0.124 e. The first-order valence-electron chi connectivity index (χ1n) is 7.46. The van der Waals surface area contributed by atoms with E-state index in [-0.39, 0.29) is 0 Å². The quantitative estimate of drug-likeness (QED) is 0.660. The minimum Gasteiger partial charge on any atom is -0.496 e. The highest BCUT2D eigenvalue weighted by atomic mass is 79.9. The van der Waals surface area contributed by atoms with E-state index in [1.54, 1.807) is 7.11 Å². The van der Waals surface area contributed by atoms with Gasteiger partial charge in [-0.2, -0.15) is 0 Å². The van der Waals surface area contributed by atoms with Crippen molar-refractivity contribution in [3.05, 3.63) is 64.7 Å². The third-order valence-corrected chi connectivity index (χ3v) is 5.66. The van der Waals surface area contributed by atoms with E-state index in [9.17, 15) is 0 Å². The van der Waals surface area contributed by atoms with E-state index in [1.807, 2.05) is 0 Å². The molecule has 2 aromatic rings. The van der Waals surface area contributed by atoms with Gasteiger partial charge in [0, 0.05) is 4.83 Å². The van der Waals surface area contributed by atoms with Crippen molar-refractivity contribution >= 4 is 15.9 Å². The van der Waals surface area contributed by atoms with Crippen molar-refractivity contribution in [2.45, 2.75) is 31.0 Å². The Hall–Kier alpha value is -1.28. The molecule has 3 atom stereocenters. The number of aryl methyl sites for hydroxylation is 2. The van der Waals surface area contributed by atoms with Gasteiger partial charge in [0.2, 0.25) is 0 Å². The minimum atomic E-state index is 0.422. The lowest BCUT2D eigenvalue weighted by atomic mass is 9.99. The molecule has 0 radical (unpaired) electrons. The van der Waals surface area contributed by atoms with Gasteiger partial charge in [-0.05, 0) is 54.4 Å². The van der Waals surface area contributed by atoms with Gasteiger partial charge >= 0.3 is 0 Å². The summed E-state index contributed by atoms with van der Waals surface area (Å²) in [5.41, 5.74) is 5.27. The monoisotopic (exact) mass is 344 g/mol. The summed E-state index contributed by atoms with van der Waals surface area (Å²) in [6.45, 7) is 4.24. The fourth-order valence-electron chi connectivity index (χ4n) is 3.33. The molecule has 3 unspecified atom stereocenters. The number of ether oxygens (including phenoxy) is 1. The predicted molar refractivity (Wildman–Crippen MR) is 91.4 cm³/mol. The molecule has 0 amide bonds. The van der Waals surface area contributed by atoms with Crippen LogP contribution in [0, 0.1) is 19.8 Å². The summed E-state index contributed by atoms with van der Waals surface area (Å²) < 4.78 is 5.46. The third-order valence-electron chi connectivity index (χ3n) is 4.45. The van der Waals surface area contributed by atoms with Gasteiger partial charge in [-0.1, -0.05) is 58.4 Å². The smallest absolute Gasteiger partial charge is 0.124 e. The molecule has 0 saturated heterocycles. The fraction of sp³-hybridized carbons (Fsp3) is 0.368. The largest absolute Gasteiger partial charge is 0.496 e. The van der Waals surface area contributed by atoms with Crippen LogP contribution in [0.1, 0.15) is 39.4 Å². The normalized spacial score (nSPS) is 21.9. The van der Waals surface area contributed by atoms with Crippen LogP contribution >= 0.6 is 15.9 Å². The lowest BCUT2D eigenvalue weighted by Crippen LogP contribution is -1.99. The summed E-state index contributed by atoms with van der Waals surface area (Å²) in [5, 5.41) is 0. The Morgan fingerprint density at radius 2 is 1.71 bits per heavy atom. The Morgan fingerprint density at radius 1 is 1.10 bits per heavy atom. The molecule has 2 heteroatoms. The molecule has 1 aliphatic rings. The molecule has 0 bridgehead atoms. The molecular formula is C19H21BrO. The second-order valence-corrected chi connectivity index (χ2v) is 6.99. The minimum absolute atomic E-state index is 0.422. The SMILES string of the molecule is COc1c(C)cc(C(Br)C2CC2c2ccccc2)cc1C. The molecule has 21 heavy (non-hydrogen) atoms. The third kappa shape index (κ3) is 2.87. The Bertz CT molecular complexity index is 612. The molecule has 0 N–H and O–H groups in total. The fourth-order valence-corrected chi connectivity index (χ4v) is 4.18. The summed E-state index contributed by atoms with van der Waals surface area (Å²) in [5.74, 6) is 2.40. The Labute approximate surface area is 135 Å². The van der Waals surface area contributed by atoms with Crippen LogP contribution in [0.5, 0.6) is 5.75 Å². The predicted octanol–water partition coefficient (Wildman–Crippen LogP) is 5.55. The van der Waals surface area contributed by atoms with Crippen LogP contribution in [-0.2, 0) is 0 Å². The molecule has 1 fully saturated rings. The first-order chi connectivity index (χ1) is 10.1. The van der Waals surface area contributed by atoms with Crippen molar-refractivity contribution in [1.29, 1.82) is 0 Å². The molecule has 0 spiro atoms. The Kier molecular flexibility index (Phi) is 4.08. The summed E-state index contributed by atoms with van der Waals surface area (Å²) >= 11 is 3.92. The molecule has 1 aliphatic carbocycles. The molecule has 0 aromatic heterocycles. The second-order valence-electron chi connectivity index (χ2n) is 6.01. The Morgan fingerprint density at radius 3 is 2.29 bits per heavy atom. The number of hydrogen-bond donors (Lipinski definition) is 0. The van der Waals surface area contributed by atoms with Gasteiger partial charge in [-0.3, -0.25) is 0 Å². The first kappa shape index (κ1) is 14.6. The van der Waals surface area contributed by atoms with E-state index in [4.69, 9.17) is 4.74 Å². The van der Waals surface area contributed by atoms with Crippen molar-refractivity contribution in [1.82, 2.24) is 0 Å². The van der Waals surface area contributed by atoms with Gasteiger partial charge < -0.3 is 4.74 Å². The standard InChI is InChI=1S/C19H21BrO/c1-12-9-15(10-13(2)19(12)21-3)18(20)17-11-16(17)14-7-5-4-6-8-14/h4-10,16-18H,11H2,1-3H3. The molecular weight excluding hydrogens is 324 g/mol. The van der Waals surface area contributed by atoms with Crippen LogP contribution in [0.3, 0.4) is 0 Å². The van der Waals surface area contributed by atoms with Gasteiger partial charge in [0.15, 0.2) is 0 Å². The van der Waals surface area contributed by atoms with E-state index in [0.29, 0.717) is 16.7 Å². The first-order valence-corrected chi connectivity index (χ1v) is 8.37. The van der Waals surface area contributed by atoms with Crippen molar-refractivity contribution in [2.24, 2.45) is 5.92 Å². The van der Waals surface area contributed by atoms with E-state index >= 15 is 0 Å². The highest BCUT2D eigenvalue weighted by Gasteiger charge is 2.43. The molecule has 2 aromatic carbocycles. The molecule has 1 nitrogen and oxygen atoms in total. The second kappa shape index (κ2) is 5.84. The van der Waals surface area contributed by atoms with Crippen LogP contribution in [0.2, 0.25) is 0 Å². The maximum absolute atomic E-state index is 5.46. The number of benzene rings is 2. The van der Waals surface area contributed by atoms with Crippen LogP contribution < -0.4 is 4.74 Å². The zero-order valence-corrected chi connectivity index (χ0v) is 14.4. The summed E-state index contributed by atoms with van der Waals surface area (Å²) in [7, 11) is 1.74. The van der Waals surface area contributed by atoms with Crippen molar-refractivity contribution in [3.63, 3.8) is 0 Å². The number of alkyl halides is 1. The maximum atomic E-state index is 5.46. The molecule has 0 aliphatic heterocycles. The highest BCUT2D eigenvalue weighted by Crippen LogP contribution is 2.57. The molecule has 0 heterocycles. The van der Waals surface area contributed by atoms with Crippen molar-refractivity contribution in [3.8, 4) is 5.75 Å². The molecule has 1 saturated carbocycles. The van der Waals surface area contributed by atoms with E-state index in [0.717, 1.165) is 5.75 Å². The summed E-state index contributed by atoms with van der Waals surface area (Å²) in [6, 6.07) is 15.4. The lowest BCUT2D eigenvalue weighted by Gasteiger charge is -2.15. The average Bonchev–Trinajstić information content (AvgIpc) is 3.27. The topological polar surface area (TPSA) is 9.23 Å². The van der Waals surface area contributed by atoms with Crippen LogP contribution in [0.4, 0.5) is 0 Å². The lowest BCUT2D eigenvalue weighted by molar-refractivity contribution is 0.408. The number of rotatable bonds is 4. The summed E-state index contributed by atoms with van der Waals surface area (Å²) in [4.78, 5) is 0.422. The van der Waals surface area contributed by atoms with Crippen LogP contribution in [-0.4, -0.2) is 7.11 Å². The number of hydrogen-bond acceptors (Lipinski definition) is 1.